The molecule has 9 heavy (non-hydrogen) atoms. The summed E-state index contributed by atoms with van der Waals surface area (Å²) in [6, 6.07) is 0. The number of allylic oxidation sites excluding steroid dienone is 1. The van der Waals surface area contributed by atoms with E-state index >= 15 is 0 Å². The molecule has 0 aromatic heterocycles. The van der Waals surface area contributed by atoms with Gasteiger partial charge >= 0.3 is 0 Å². The van der Waals surface area contributed by atoms with Crippen LogP contribution in [-0.4, -0.2) is 17.8 Å². The lowest BCUT2D eigenvalue weighted by atomic mass is 10.1. The molecule has 1 aliphatic rings. The number of hydrogen-bond donors (Lipinski definition) is 0. The lowest BCUT2D eigenvalue weighted by Gasteiger charge is -1.94. The van der Waals surface area contributed by atoms with Gasteiger partial charge in [0.1, 0.15) is 11.5 Å². The van der Waals surface area contributed by atoms with Crippen molar-refractivity contribution in [2.45, 2.75) is 19.3 Å². The standard InChI is InChI=1S/C8H15S/c1-8-4-3-6-9(2)7-5-8/h1,3-7H2,2H3/q+1. The van der Waals surface area contributed by atoms with Crippen molar-refractivity contribution in [1.82, 2.24) is 0 Å². The largest absolute Gasteiger partial charge is 0.111 e. The Bertz CT molecular complexity index is 107. The minimum atomic E-state index is 0.711. The molecule has 1 saturated heterocycles. The molecule has 0 aromatic rings. The third-order valence-corrected chi connectivity index (χ3v) is 3.71. The van der Waals surface area contributed by atoms with Crippen molar-refractivity contribution in [3.8, 4) is 0 Å². The Labute approximate surface area is 60.7 Å². The zero-order chi connectivity index (χ0) is 6.69. The van der Waals surface area contributed by atoms with E-state index in [-0.39, 0.29) is 0 Å². The summed E-state index contributed by atoms with van der Waals surface area (Å²) in [4.78, 5) is 0. The third-order valence-electron chi connectivity index (χ3n) is 1.83. The smallest absolute Gasteiger partial charge is 0.0997 e. The van der Waals surface area contributed by atoms with Gasteiger partial charge in [-0.3, -0.25) is 0 Å². The van der Waals surface area contributed by atoms with Crippen LogP contribution in [0.2, 0.25) is 0 Å². The highest BCUT2D eigenvalue weighted by Crippen LogP contribution is 2.15. The van der Waals surface area contributed by atoms with Crippen LogP contribution in [0.15, 0.2) is 12.2 Å². The highest BCUT2D eigenvalue weighted by atomic mass is 32.2. The Morgan fingerprint density at radius 2 is 2.11 bits per heavy atom. The van der Waals surface area contributed by atoms with E-state index in [1.807, 2.05) is 0 Å². The van der Waals surface area contributed by atoms with Gasteiger partial charge in [-0.25, -0.2) is 0 Å². The molecule has 1 fully saturated rings. The van der Waals surface area contributed by atoms with Crippen LogP contribution in [0.4, 0.5) is 0 Å². The van der Waals surface area contributed by atoms with Gasteiger partial charge in [0, 0.05) is 6.42 Å². The Hall–Kier alpha value is 0.0900. The first-order valence-electron chi connectivity index (χ1n) is 3.55. The van der Waals surface area contributed by atoms with Gasteiger partial charge in [-0.1, -0.05) is 12.2 Å². The predicted octanol–water partition coefficient (Wildman–Crippen LogP) is 1.97. The Morgan fingerprint density at radius 1 is 1.33 bits per heavy atom. The molecule has 0 saturated carbocycles. The van der Waals surface area contributed by atoms with Crippen LogP contribution in [0.5, 0.6) is 0 Å². The SMILES string of the molecule is C=C1CCC[S+](C)CC1. The maximum atomic E-state index is 4.01. The molecule has 1 unspecified atom stereocenters. The molecule has 52 valence electrons. The summed E-state index contributed by atoms with van der Waals surface area (Å²) in [7, 11) is 0.711. The van der Waals surface area contributed by atoms with E-state index in [2.05, 4.69) is 12.8 Å². The highest BCUT2D eigenvalue weighted by molar-refractivity contribution is 7.96. The average Bonchev–Trinajstić information content (AvgIpc) is 1.97. The lowest BCUT2D eigenvalue weighted by Crippen LogP contribution is -2.06. The van der Waals surface area contributed by atoms with Gasteiger partial charge in [0.05, 0.1) is 6.26 Å². The van der Waals surface area contributed by atoms with Crippen molar-refractivity contribution in [2.24, 2.45) is 0 Å². The topological polar surface area (TPSA) is 0 Å². The molecule has 1 aliphatic heterocycles. The molecular formula is C8H15S+. The van der Waals surface area contributed by atoms with E-state index in [0.29, 0.717) is 10.9 Å². The quantitative estimate of drug-likeness (QED) is 0.359. The van der Waals surface area contributed by atoms with Crippen LogP contribution < -0.4 is 0 Å². The molecule has 0 radical (unpaired) electrons. The predicted molar refractivity (Wildman–Crippen MR) is 46.0 cm³/mol. The van der Waals surface area contributed by atoms with Crippen LogP contribution in [0.1, 0.15) is 19.3 Å². The fourth-order valence-electron chi connectivity index (χ4n) is 1.11. The van der Waals surface area contributed by atoms with E-state index in [0.717, 1.165) is 0 Å². The third kappa shape index (κ3) is 2.44. The molecule has 1 heterocycles. The van der Waals surface area contributed by atoms with Gasteiger partial charge in [-0.15, -0.1) is 0 Å². The number of rotatable bonds is 0. The van der Waals surface area contributed by atoms with Gasteiger partial charge in [0.25, 0.3) is 0 Å². The van der Waals surface area contributed by atoms with Crippen LogP contribution in [0.25, 0.3) is 0 Å². The summed E-state index contributed by atoms with van der Waals surface area (Å²) in [6.45, 7) is 4.01. The van der Waals surface area contributed by atoms with Crippen molar-refractivity contribution in [1.29, 1.82) is 0 Å². The Morgan fingerprint density at radius 3 is 2.89 bits per heavy atom. The van der Waals surface area contributed by atoms with Gasteiger partial charge in [-0.2, -0.15) is 0 Å². The van der Waals surface area contributed by atoms with E-state index in [9.17, 15) is 0 Å². The molecule has 0 aliphatic carbocycles. The van der Waals surface area contributed by atoms with E-state index in [4.69, 9.17) is 0 Å². The molecule has 0 amide bonds. The monoisotopic (exact) mass is 143 g/mol. The second-order valence-corrected chi connectivity index (χ2v) is 5.17. The van der Waals surface area contributed by atoms with Crippen molar-refractivity contribution in [2.75, 3.05) is 17.8 Å². The molecule has 1 heteroatoms. The van der Waals surface area contributed by atoms with Crippen molar-refractivity contribution >= 4 is 10.9 Å². The lowest BCUT2D eigenvalue weighted by molar-refractivity contribution is 0.895. The summed E-state index contributed by atoms with van der Waals surface area (Å²) in [6.07, 6.45) is 6.34. The summed E-state index contributed by atoms with van der Waals surface area (Å²) in [5.41, 5.74) is 1.48. The van der Waals surface area contributed by atoms with Gasteiger partial charge < -0.3 is 0 Å². The minimum Gasteiger partial charge on any atom is -0.0997 e. The summed E-state index contributed by atoms with van der Waals surface area (Å²) < 4.78 is 0. The van der Waals surface area contributed by atoms with Crippen LogP contribution in [0, 0.1) is 0 Å². The first-order valence-corrected chi connectivity index (χ1v) is 5.52. The van der Waals surface area contributed by atoms with E-state index in [1.165, 1.54) is 36.3 Å². The van der Waals surface area contributed by atoms with Crippen LogP contribution in [0.3, 0.4) is 0 Å². The normalized spacial score (nSPS) is 29.9. The zero-order valence-electron chi connectivity index (χ0n) is 6.15. The first kappa shape index (κ1) is 7.20. The molecule has 0 spiro atoms. The van der Waals surface area contributed by atoms with Gasteiger partial charge in [0.2, 0.25) is 0 Å². The van der Waals surface area contributed by atoms with E-state index in [1.54, 1.807) is 0 Å². The minimum absolute atomic E-state index is 0.711. The maximum Gasteiger partial charge on any atom is 0.111 e. The van der Waals surface area contributed by atoms with Gasteiger partial charge in [0.15, 0.2) is 0 Å². The van der Waals surface area contributed by atoms with Crippen molar-refractivity contribution in [3.63, 3.8) is 0 Å². The van der Waals surface area contributed by atoms with Crippen LogP contribution >= 0.6 is 0 Å². The zero-order valence-corrected chi connectivity index (χ0v) is 6.97. The first-order chi connectivity index (χ1) is 4.29. The van der Waals surface area contributed by atoms with E-state index < -0.39 is 0 Å². The maximum absolute atomic E-state index is 4.01. The molecule has 1 atom stereocenters. The molecule has 0 nitrogen and oxygen atoms in total. The fourth-order valence-corrected chi connectivity index (χ4v) is 2.59. The Kier molecular flexibility index (Phi) is 2.65. The second-order valence-electron chi connectivity index (χ2n) is 2.79. The highest BCUT2D eigenvalue weighted by Gasteiger charge is 2.14. The molecule has 0 N–H and O–H groups in total. The Balaban J connectivity index is 2.34. The van der Waals surface area contributed by atoms with Crippen molar-refractivity contribution in [3.05, 3.63) is 12.2 Å². The summed E-state index contributed by atoms with van der Waals surface area (Å²) >= 11 is 0. The summed E-state index contributed by atoms with van der Waals surface area (Å²) in [5.74, 6) is 2.85. The van der Waals surface area contributed by atoms with Crippen molar-refractivity contribution < 1.29 is 0 Å². The fraction of sp³-hybridized carbons (Fsp3) is 0.750. The number of hydrogen-bond acceptors (Lipinski definition) is 0. The second kappa shape index (κ2) is 3.31. The molecule has 0 aromatic carbocycles. The molecule has 1 rings (SSSR count). The molecular weight excluding hydrogens is 128 g/mol. The summed E-state index contributed by atoms with van der Waals surface area (Å²) in [5, 5.41) is 0. The van der Waals surface area contributed by atoms with Gasteiger partial charge in [-0.05, 0) is 23.7 Å². The van der Waals surface area contributed by atoms with Crippen LogP contribution in [-0.2, 0) is 10.9 Å². The molecule has 0 bridgehead atoms. The average molecular weight is 143 g/mol.